The first-order valence-corrected chi connectivity index (χ1v) is 7.61. The minimum absolute atomic E-state index is 0.0598. The zero-order valence-corrected chi connectivity index (χ0v) is 12.9. The number of allylic oxidation sites excluding steroid dienone is 1. The molecule has 0 unspecified atom stereocenters. The number of carbonyl (C=O) groups is 1. The van der Waals surface area contributed by atoms with Crippen molar-refractivity contribution in [2.24, 2.45) is 5.92 Å². The molecule has 1 aromatic heterocycles. The average Bonchev–Trinajstić information content (AvgIpc) is 2.48. The second-order valence-electron chi connectivity index (χ2n) is 6.09. The van der Waals surface area contributed by atoms with Crippen LogP contribution in [0.3, 0.4) is 0 Å². The van der Waals surface area contributed by atoms with Crippen molar-refractivity contribution in [1.82, 2.24) is 10.3 Å². The predicted octanol–water partition coefficient (Wildman–Crippen LogP) is 3.35. The number of aromatic nitrogens is 1. The number of amides is 1. The van der Waals surface area contributed by atoms with Crippen molar-refractivity contribution >= 4 is 5.91 Å². The number of rotatable bonds is 5. The molecular formula is C17H24N2O2. The van der Waals surface area contributed by atoms with Gasteiger partial charge < -0.3 is 10.1 Å². The highest BCUT2D eigenvalue weighted by Gasteiger charge is 2.18. The summed E-state index contributed by atoms with van der Waals surface area (Å²) >= 11 is 0. The molecule has 0 aliphatic heterocycles. The third-order valence-electron chi connectivity index (χ3n) is 3.59. The lowest BCUT2D eigenvalue weighted by atomic mass is 9.92. The van der Waals surface area contributed by atoms with Crippen LogP contribution in [-0.4, -0.2) is 23.5 Å². The van der Waals surface area contributed by atoms with Gasteiger partial charge in [0.05, 0.1) is 12.2 Å². The summed E-state index contributed by atoms with van der Waals surface area (Å²) in [5.74, 6) is 0.959. The lowest BCUT2D eigenvalue weighted by Crippen LogP contribution is -2.36. The Morgan fingerprint density at radius 3 is 2.71 bits per heavy atom. The Labute approximate surface area is 126 Å². The third kappa shape index (κ3) is 4.88. The predicted molar refractivity (Wildman–Crippen MR) is 83.4 cm³/mol. The number of hydrogen-bond donors (Lipinski definition) is 1. The largest absolute Gasteiger partial charge is 0.477 e. The fourth-order valence-corrected chi connectivity index (χ4v) is 2.29. The smallest absolute Gasteiger partial charge is 0.253 e. The van der Waals surface area contributed by atoms with Crippen LogP contribution in [0, 0.1) is 5.92 Å². The van der Waals surface area contributed by atoms with Crippen molar-refractivity contribution < 1.29 is 9.53 Å². The van der Waals surface area contributed by atoms with Gasteiger partial charge in [0.15, 0.2) is 0 Å². The van der Waals surface area contributed by atoms with Crippen molar-refractivity contribution in [3.63, 3.8) is 0 Å². The molecule has 1 saturated carbocycles. The highest BCUT2D eigenvalue weighted by Crippen LogP contribution is 2.22. The van der Waals surface area contributed by atoms with Crippen molar-refractivity contribution in [2.75, 3.05) is 6.61 Å². The number of pyridine rings is 1. The van der Waals surface area contributed by atoms with Gasteiger partial charge >= 0.3 is 0 Å². The summed E-state index contributed by atoms with van der Waals surface area (Å²) < 4.78 is 5.51. The number of hydrogen-bond acceptors (Lipinski definition) is 3. The average molecular weight is 288 g/mol. The van der Waals surface area contributed by atoms with Crippen LogP contribution in [0.1, 0.15) is 49.9 Å². The Balaban J connectivity index is 1.86. The molecule has 1 N–H and O–H groups in total. The van der Waals surface area contributed by atoms with E-state index < -0.39 is 0 Å². The van der Waals surface area contributed by atoms with Crippen molar-refractivity contribution in [2.45, 2.75) is 45.6 Å². The summed E-state index contributed by atoms with van der Waals surface area (Å²) in [4.78, 5) is 16.3. The maximum atomic E-state index is 12.2. The van der Waals surface area contributed by atoms with E-state index in [0.717, 1.165) is 25.7 Å². The third-order valence-corrected chi connectivity index (χ3v) is 3.59. The topological polar surface area (TPSA) is 51.2 Å². The second-order valence-corrected chi connectivity index (χ2v) is 6.09. The fourth-order valence-electron chi connectivity index (χ4n) is 2.29. The zero-order valence-electron chi connectivity index (χ0n) is 12.9. The quantitative estimate of drug-likeness (QED) is 0.845. The summed E-state index contributed by atoms with van der Waals surface area (Å²) in [6, 6.07) is 3.76. The highest BCUT2D eigenvalue weighted by atomic mass is 16.5. The van der Waals surface area contributed by atoms with E-state index in [2.05, 4.69) is 30.7 Å². The van der Waals surface area contributed by atoms with Crippen LogP contribution in [-0.2, 0) is 0 Å². The van der Waals surface area contributed by atoms with Crippen LogP contribution < -0.4 is 10.1 Å². The number of ether oxygens (including phenoxy) is 1. The number of nitrogens with zero attached hydrogens (tertiary/aromatic N) is 1. The van der Waals surface area contributed by atoms with Gasteiger partial charge in [-0.1, -0.05) is 26.0 Å². The Morgan fingerprint density at radius 2 is 2.14 bits per heavy atom. The van der Waals surface area contributed by atoms with E-state index >= 15 is 0 Å². The lowest BCUT2D eigenvalue weighted by molar-refractivity contribution is 0.0930. The monoisotopic (exact) mass is 288 g/mol. The van der Waals surface area contributed by atoms with Crippen molar-refractivity contribution in [1.29, 1.82) is 0 Å². The molecule has 0 aromatic carbocycles. The first-order valence-electron chi connectivity index (χ1n) is 7.61. The molecule has 4 heteroatoms. The molecule has 0 atom stereocenters. The molecule has 1 aliphatic carbocycles. The van der Waals surface area contributed by atoms with Gasteiger partial charge in [-0.05, 0) is 37.7 Å². The lowest BCUT2D eigenvalue weighted by Gasteiger charge is -2.24. The van der Waals surface area contributed by atoms with E-state index in [9.17, 15) is 4.79 Å². The van der Waals surface area contributed by atoms with Gasteiger partial charge in [0.1, 0.15) is 0 Å². The molecule has 1 fully saturated rings. The van der Waals surface area contributed by atoms with E-state index in [1.165, 1.54) is 5.57 Å². The van der Waals surface area contributed by atoms with E-state index in [-0.39, 0.29) is 11.9 Å². The number of nitrogens with one attached hydrogen (secondary N) is 1. The van der Waals surface area contributed by atoms with Gasteiger partial charge in [-0.3, -0.25) is 4.79 Å². The normalized spacial score (nSPS) is 16.0. The maximum Gasteiger partial charge on any atom is 0.253 e. The fraction of sp³-hybridized carbons (Fsp3) is 0.529. The van der Waals surface area contributed by atoms with Gasteiger partial charge in [-0.15, -0.1) is 0 Å². The number of carbonyl (C=O) groups excluding carboxylic acids is 1. The minimum Gasteiger partial charge on any atom is -0.477 e. The Morgan fingerprint density at radius 1 is 1.43 bits per heavy atom. The Kier molecular flexibility index (Phi) is 5.37. The highest BCUT2D eigenvalue weighted by molar-refractivity contribution is 5.94. The van der Waals surface area contributed by atoms with E-state index in [0.29, 0.717) is 24.0 Å². The molecule has 2 rings (SSSR count). The first kappa shape index (κ1) is 15.5. The Hall–Kier alpha value is -1.84. The van der Waals surface area contributed by atoms with Gasteiger partial charge in [-0.25, -0.2) is 4.98 Å². The van der Waals surface area contributed by atoms with E-state index in [1.54, 1.807) is 18.3 Å². The first-order chi connectivity index (χ1) is 10.0. The van der Waals surface area contributed by atoms with Gasteiger partial charge in [0.25, 0.3) is 5.91 Å². The van der Waals surface area contributed by atoms with Crippen LogP contribution >= 0.6 is 0 Å². The molecule has 4 nitrogen and oxygen atoms in total. The molecule has 114 valence electrons. The molecule has 1 amide bonds. The zero-order chi connectivity index (χ0) is 15.2. The van der Waals surface area contributed by atoms with Gasteiger partial charge in [0, 0.05) is 18.3 Å². The Bertz CT molecular complexity index is 484. The molecule has 1 heterocycles. The van der Waals surface area contributed by atoms with Crippen LogP contribution in [0.5, 0.6) is 5.88 Å². The van der Waals surface area contributed by atoms with Crippen LogP contribution in [0.4, 0.5) is 0 Å². The summed E-state index contributed by atoms with van der Waals surface area (Å²) in [7, 11) is 0. The molecule has 1 aromatic rings. The molecule has 0 bridgehead atoms. The molecule has 0 radical (unpaired) electrons. The standard InChI is InChI=1S/C17H24N2O2/c1-12(2)11-21-16-9-6-14(10-18-16)17(20)19-15-7-4-13(3)5-8-15/h6,9-10,12,15H,3-5,7-8,11H2,1-2H3,(H,19,20). The van der Waals surface area contributed by atoms with E-state index in [4.69, 9.17) is 4.74 Å². The second kappa shape index (κ2) is 7.25. The molecule has 0 saturated heterocycles. The maximum absolute atomic E-state index is 12.2. The van der Waals surface area contributed by atoms with Gasteiger partial charge in [0.2, 0.25) is 5.88 Å². The summed E-state index contributed by atoms with van der Waals surface area (Å²) in [5.41, 5.74) is 1.87. The SMILES string of the molecule is C=C1CCC(NC(=O)c2ccc(OCC(C)C)nc2)CC1. The molecule has 0 spiro atoms. The van der Waals surface area contributed by atoms with Crippen LogP contribution in [0.25, 0.3) is 0 Å². The van der Waals surface area contributed by atoms with Crippen molar-refractivity contribution in [3.05, 3.63) is 36.0 Å². The minimum atomic E-state index is -0.0598. The summed E-state index contributed by atoms with van der Waals surface area (Å²) in [5, 5.41) is 3.06. The van der Waals surface area contributed by atoms with Gasteiger partial charge in [-0.2, -0.15) is 0 Å². The molecule has 1 aliphatic rings. The van der Waals surface area contributed by atoms with Crippen molar-refractivity contribution in [3.8, 4) is 5.88 Å². The van der Waals surface area contributed by atoms with Crippen LogP contribution in [0.15, 0.2) is 30.5 Å². The van der Waals surface area contributed by atoms with E-state index in [1.807, 2.05) is 0 Å². The molecular weight excluding hydrogens is 264 g/mol. The molecule has 21 heavy (non-hydrogen) atoms. The summed E-state index contributed by atoms with van der Waals surface area (Å²) in [6.45, 7) is 8.79. The van der Waals surface area contributed by atoms with Crippen LogP contribution in [0.2, 0.25) is 0 Å². The summed E-state index contributed by atoms with van der Waals surface area (Å²) in [6.07, 6.45) is 5.55.